The first-order valence-electron chi connectivity index (χ1n) is 19.7. The van der Waals surface area contributed by atoms with E-state index in [9.17, 15) is 0 Å². The molecule has 272 valence electrons. The molecule has 0 unspecified atom stereocenters. The Morgan fingerprint density at radius 3 is 1.71 bits per heavy atom. The average molecular weight is 743 g/mol. The number of furan rings is 2. The smallest absolute Gasteiger partial charge is 0.143 e. The first-order chi connectivity index (χ1) is 28.8. The fourth-order valence-corrected chi connectivity index (χ4v) is 9.00. The largest absolute Gasteiger partial charge is 0.456 e. The SMILES string of the molecule is c1ccc(N(c2ccc(-c3cccc4oc5ccccc5c34)cc2)c2cc(-c3cccc(-n4c5ccccc5c5ccccc54)c3)c3oc4ccccc4c3c2)cc1. The van der Waals surface area contributed by atoms with Crippen LogP contribution in [0, 0.1) is 0 Å². The van der Waals surface area contributed by atoms with E-state index in [0.717, 1.165) is 88.9 Å². The van der Waals surface area contributed by atoms with Crippen LogP contribution in [0.5, 0.6) is 0 Å². The van der Waals surface area contributed by atoms with E-state index in [0.29, 0.717) is 0 Å². The van der Waals surface area contributed by atoms with Crippen LogP contribution < -0.4 is 4.90 Å². The Bertz CT molecular complexity index is 3460. The van der Waals surface area contributed by atoms with E-state index in [-0.39, 0.29) is 0 Å². The fourth-order valence-electron chi connectivity index (χ4n) is 9.00. The molecule has 4 nitrogen and oxygen atoms in total. The molecule has 3 heterocycles. The van der Waals surface area contributed by atoms with Crippen molar-refractivity contribution < 1.29 is 8.83 Å². The normalized spacial score (nSPS) is 11.8. The van der Waals surface area contributed by atoms with Gasteiger partial charge in [-0.05, 0) is 95.6 Å². The van der Waals surface area contributed by atoms with Gasteiger partial charge in [-0.3, -0.25) is 0 Å². The van der Waals surface area contributed by atoms with Gasteiger partial charge >= 0.3 is 0 Å². The van der Waals surface area contributed by atoms with Crippen molar-refractivity contribution in [2.24, 2.45) is 0 Å². The summed E-state index contributed by atoms with van der Waals surface area (Å²) in [4.78, 5) is 2.35. The van der Waals surface area contributed by atoms with Crippen LogP contribution in [-0.4, -0.2) is 4.57 Å². The van der Waals surface area contributed by atoms with Gasteiger partial charge in [-0.25, -0.2) is 0 Å². The molecule has 0 aliphatic carbocycles. The number of para-hydroxylation sites is 5. The number of hydrogen-bond donors (Lipinski definition) is 0. The summed E-state index contributed by atoms with van der Waals surface area (Å²) in [5.41, 5.74) is 14.5. The van der Waals surface area contributed by atoms with Gasteiger partial charge < -0.3 is 18.3 Å². The van der Waals surface area contributed by atoms with Crippen molar-refractivity contribution >= 4 is 82.7 Å². The zero-order chi connectivity index (χ0) is 38.2. The molecular weight excluding hydrogens is 709 g/mol. The molecule has 0 fully saturated rings. The molecule has 0 amide bonds. The summed E-state index contributed by atoms with van der Waals surface area (Å²) in [7, 11) is 0. The molecule has 0 spiro atoms. The van der Waals surface area contributed by atoms with E-state index in [1.165, 1.54) is 21.8 Å². The third-order valence-corrected chi connectivity index (χ3v) is 11.6. The highest BCUT2D eigenvalue weighted by atomic mass is 16.3. The van der Waals surface area contributed by atoms with E-state index in [2.05, 4.69) is 198 Å². The number of rotatable bonds is 6. The summed E-state index contributed by atoms with van der Waals surface area (Å²) in [5, 5.41) is 6.90. The molecule has 58 heavy (non-hydrogen) atoms. The number of nitrogens with zero attached hydrogens (tertiary/aromatic N) is 2. The maximum Gasteiger partial charge on any atom is 0.143 e. The van der Waals surface area contributed by atoms with E-state index in [1.807, 2.05) is 18.2 Å². The topological polar surface area (TPSA) is 34.5 Å². The number of hydrogen-bond acceptors (Lipinski definition) is 3. The maximum atomic E-state index is 6.75. The van der Waals surface area contributed by atoms with Crippen molar-refractivity contribution in [3.63, 3.8) is 0 Å². The van der Waals surface area contributed by atoms with Crippen LogP contribution in [-0.2, 0) is 0 Å². The third kappa shape index (κ3) is 5.02. The molecule has 0 saturated carbocycles. The van der Waals surface area contributed by atoms with Gasteiger partial charge in [0.05, 0.1) is 11.0 Å². The molecule has 0 aliphatic heterocycles. The lowest BCUT2D eigenvalue weighted by molar-refractivity contribution is 0.669. The number of benzene rings is 9. The first-order valence-corrected chi connectivity index (χ1v) is 19.7. The van der Waals surface area contributed by atoms with Gasteiger partial charge in [0.1, 0.15) is 22.3 Å². The lowest BCUT2D eigenvalue weighted by atomic mass is 9.98. The fraction of sp³-hybridized carbons (Fsp3) is 0. The molecule has 3 aromatic heterocycles. The Morgan fingerprint density at radius 2 is 0.948 bits per heavy atom. The van der Waals surface area contributed by atoms with Crippen LogP contribution in [0.2, 0.25) is 0 Å². The zero-order valence-electron chi connectivity index (χ0n) is 31.3. The second kappa shape index (κ2) is 12.9. The van der Waals surface area contributed by atoms with Gasteiger partial charge in [-0.15, -0.1) is 0 Å². The Balaban J connectivity index is 1.05. The summed E-state index contributed by atoms with van der Waals surface area (Å²) >= 11 is 0. The number of fused-ring (bicyclic) bond motifs is 9. The first kappa shape index (κ1) is 32.4. The lowest BCUT2D eigenvalue weighted by Crippen LogP contribution is -2.10. The summed E-state index contributed by atoms with van der Waals surface area (Å²) in [6, 6.07) is 73.2. The molecule has 12 rings (SSSR count). The summed E-state index contributed by atoms with van der Waals surface area (Å²) in [6.07, 6.45) is 0. The second-order valence-electron chi connectivity index (χ2n) is 14.9. The Labute approximate surface area is 334 Å². The minimum atomic E-state index is 0.867. The Hall–Kier alpha value is -7.82. The van der Waals surface area contributed by atoms with Crippen molar-refractivity contribution in [3.05, 3.63) is 206 Å². The van der Waals surface area contributed by atoms with Crippen LogP contribution in [0.25, 0.3) is 93.6 Å². The Morgan fingerprint density at radius 1 is 0.345 bits per heavy atom. The van der Waals surface area contributed by atoms with E-state index in [4.69, 9.17) is 8.83 Å². The molecular formula is C54H34N2O2. The molecule has 0 radical (unpaired) electrons. The van der Waals surface area contributed by atoms with Crippen molar-refractivity contribution in [1.82, 2.24) is 4.57 Å². The number of anilines is 3. The zero-order valence-corrected chi connectivity index (χ0v) is 31.3. The quantitative estimate of drug-likeness (QED) is 0.170. The van der Waals surface area contributed by atoms with E-state index >= 15 is 0 Å². The van der Waals surface area contributed by atoms with Crippen LogP contribution in [0.1, 0.15) is 0 Å². The summed E-state index contributed by atoms with van der Waals surface area (Å²) < 4.78 is 15.4. The second-order valence-corrected chi connectivity index (χ2v) is 14.9. The predicted octanol–water partition coefficient (Wildman–Crippen LogP) is 15.4. The Kier molecular flexibility index (Phi) is 7.20. The molecule has 4 heteroatoms. The highest BCUT2D eigenvalue weighted by Gasteiger charge is 2.21. The maximum absolute atomic E-state index is 6.75. The monoisotopic (exact) mass is 742 g/mol. The van der Waals surface area contributed by atoms with Gasteiger partial charge in [0.15, 0.2) is 0 Å². The highest BCUT2D eigenvalue weighted by molar-refractivity contribution is 6.14. The van der Waals surface area contributed by atoms with Crippen LogP contribution in [0.3, 0.4) is 0 Å². The molecule has 0 aliphatic rings. The summed E-state index contributed by atoms with van der Waals surface area (Å²) in [5.74, 6) is 0. The standard InChI is InChI=1S/C54H34N2O2/c1-2-15-37(16-3-1)55(38-30-28-35(29-31-38)41-22-13-27-52-53(41)45-21-7-11-26-51(45)57-52)40-33-46(54-47(34-40)44-20-6-10-25-50(44)58-54)36-14-12-17-39(32-36)56-48-23-8-4-18-42(48)43-19-5-9-24-49(43)56/h1-34H. The van der Waals surface area contributed by atoms with Crippen molar-refractivity contribution in [1.29, 1.82) is 0 Å². The lowest BCUT2D eigenvalue weighted by Gasteiger charge is -2.26. The number of aromatic nitrogens is 1. The van der Waals surface area contributed by atoms with Crippen molar-refractivity contribution in [2.45, 2.75) is 0 Å². The average Bonchev–Trinajstić information content (AvgIpc) is 3.97. The van der Waals surface area contributed by atoms with Crippen molar-refractivity contribution in [3.8, 4) is 27.9 Å². The van der Waals surface area contributed by atoms with Crippen LogP contribution in [0.15, 0.2) is 215 Å². The predicted molar refractivity (Wildman–Crippen MR) is 241 cm³/mol. The molecule has 0 bridgehead atoms. The van der Waals surface area contributed by atoms with Gasteiger partial charge in [-0.1, -0.05) is 127 Å². The minimum Gasteiger partial charge on any atom is -0.456 e. The molecule has 0 N–H and O–H groups in total. The van der Waals surface area contributed by atoms with Gasteiger partial charge in [-0.2, -0.15) is 0 Å². The van der Waals surface area contributed by atoms with Crippen LogP contribution >= 0.6 is 0 Å². The van der Waals surface area contributed by atoms with Crippen LogP contribution in [0.4, 0.5) is 17.1 Å². The van der Waals surface area contributed by atoms with Gasteiger partial charge in [0, 0.05) is 60.6 Å². The molecule has 0 saturated heterocycles. The van der Waals surface area contributed by atoms with E-state index < -0.39 is 0 Å². The summed E-state index contributed by atoms with van der Waals surface area (Å²) in [6.45, 7) is 0. The van der Waals surface area contributed by atoms with Gasteiger partial charge in [0.25, 0.3) is 0 Å². The highest BCUT2D eigenvalue weighted by Crippen LogP contribution is 2.45. The third-order valence-electron chi connectivity index (χ3n) is 11.6. The van der Waals surface area contributed by atoms with Crippen molar-refractivity contribution in [2.75, 3.05) is 4.90 Å². The minimum absolute atomic E-state index is 0.867. The van der Waals surface area contributed by atoms with E-state index in [1.54, 1.807) is 0 Å². The molecule has 0 atom stereocenters. The molecule has 9 aromatic carbocycles. The molecule has 12 aromatic rings. The van der Waals surface area contributed by atoms with Gasteiger partial charge in [0.2, 0.25) is 0 Å².